The highest BCUT2D eigenvalue weighted by Gasteiger charge is 2.31. The predicted octanol–water partition coefficient (Wildman–Crippen LogP) is 3.32. The Morgan fingerprint density at radius 2 is 2.00 bits per heavy atom. The minimum atomic E-state index is -3.65. The molecule has 0 aromatic heterocycles. The molecule has 2 rings (SSSR count). The molecule has 1 aromatic carbocycles. The van der Waals surface area contributed by atoms with Crippen LogP contribution in [0.2, 0.25) is 0 Å². The molecule has 0 fully saturated rings. The molecule has 0 aliphatic carbocycles. The highest BCUT2D eigenvalue weighted by Crippen LogP contribution is 2.51. The quantitative estimate of drug-likeness (QED) is 0.812. The van der Waals surface area contributed by atoms with Crippen LogP contribution in [0.15, 0.2) is 24.3 Å². The Morgan fingerprint density at radius 1 is 1.30 bits per heavy atom. The average Bonchev–Trinajstić information content (AvgIpc) is 2.38. The number of phosphoric acid groups is 1. The molecule has 1 aliphatic heterocycles. The van der Waals surface area contributed by atoms with Crippen LogP contribution in [0, 0.1) is 0 Å². The first-order valence-corrected chi connectivity index (χ1v) is 7.77. The van der Waals surface area contributed by atoms with E-state index in [1.807, 2.05) is 0 Å². The summed E-state index contributed by atoms with van der Waals surface area (Å²) in [6, 6.07) is 4.72. The van der Waals surface area contributed by atoms with Gasteiger partial charge in [-0.15, -0.1) is 0 Å². The number of benzene rings is 1. The normalized spacial score (nSPS) is 17.6. The van der Waals surface area contributed by atoms with Crippen molar-refractivity contribution in [1.82, 2.24) is 0 Å². The van der Waals surface area contributed by atoms with Crippen LogP contribution in [0.25, 0.3) is 6.08 Å². The van der Waals surface area contributed by atoms with Gasteiger partial charge in [0.15, 0.2) is 0 Å². The van der Waals surface area contributed by atoms with Crippen LogP contribution in [0.4, 0.5) is 0 Å². The van der Waals surface area contributed by atoms with E-state index in [2.05, 4.69) is 0 Å². The van der Waals surface area contributed by atoms with Crippen LogP contribution < -0.4 is 4.74 Å². The minimum absolute atomic E-state index is 0.0793. The summed E-state index contributed by atoms with van der Waals surface area (Å²) in [5.74, 6) is 0.521. The maximum Gasteiger partial charge on any atom is 0.478 e. The zero-order valence-electron chi connectivity index (χ0n) is 11.3. The van der Waals surface area contributed by atoms with Gasteiger partial charge in [0.1, 0.15) is 11.5 Å². The van der Waals surface area contributed by atoms with Crippen LogP contribution in [0.3, 0.4) is 0 Å². The third-order valence-corrected chi connectivity index (χ3v) is 4.10. The van der Waals surface area contributed by atoms with Gasteiger partial charge in [0.25, 0.3) is 0 Å². The molecule has 0 radical (unpaired) electrons. The van der Waals surface area contributed by atoms with Crippen molar-refractivity contribution in [3.63, 3.8) is 0 Å². The molecular weight excluding hydrogens is 283 g/mol. The van der Waals surface area contributed by atoms with Gasteiger partial charge in [-0.05, 0) is 38.1 Å². The number of aromatic hydroxyl groups is 1. The molecule has 0 amide bonds. The molecule has 6 nitrogen and oxygen atoms in total. The number of hydrogen-bond acceptors (Lipinski definition) is 6. The highest BCUT2D eigenvalue weighted by molar-refractivity contribution is 7.48. The molecule has 1 N–H and O–H groups in total. The van der Waals surface area contributed by atoms with E-state index < -0.39 is 14.1 Å². The van der Waals surface area contributed by atoms with E-state index in [1.165, 1.54) is 6.07 Å². The zero-order chi connectivity index (χ0) is 14.6. The fourth-order valence-electron chi connectivity index (χ4n) is 1.71. The highest BCUT2D eigenvalue weighted by atomic mass is 31.2. The molecule has 110 valence electrons. The Hall–Kier alpha value is -1.33. The van der Waals surface area contributed by atoms with E-state index in [9.17, 15) is 9.67 Å². The van der Waals surface area contributed by atoms with Gasteiger partial charge in [-0.1, -0.05) is 0 Å². The number of phenols is 1. The second-order valence-corrected chi connectivity index (χ2v) is 5.58. The van der Waals surface area contributed by atoms with E-state index >= 15 is 0 Å². The first kappa shape index (κ1) is 15.1. The van der Waals surface area contributed by atoms with Crippen molar-refractivity contribution in [3.8, 4) is 11.5 Å². The molecule has 1 aliphatic rings. The molecular formula is C13H17O6P. The van der Waals surface area contributed by atoms with Gasteiger partial charge in [0, 0.05) is 11.6 Å². The Kier molecular flexibility index (Phi) is 4.83. The first-order valence-electron chi connectivity index (χ1n) is 6.31. The number of fused-ring (bicyclic) bond motifs is 1. The second kappa shape index (κ2) is 6.41. The van der Waals surface area contributed by atoms with Gasteiger partial charge in [-0.25, -0.2) is 9.09 Å². The summed E-state index contributed by atoms with van der Waals surface area (Å²) in [6.45, 7) is 3.79. The average molecular weight is 300 g/mol. The number of ether oxygens (including phenoxy) is 1. The smallest absolute Gasteiger partial charge is 0.478 e. The Labute approximate surface area is 117 Å². The van der Waals surface area contributed by atoms with Crippen LogP contribution in [0.5, 0.6) is 11.5 Å². The molecule has 1 heterocycles. The molecule has 1 atom stereocenters. The molecule has 1 unspecified atom stereocenters. The van der Waals surface area contributed by atoms with E-state index in [1.54, 1.807) is 38.1 Å². The third-order valence-electron chi connectivity index (χ3n) is 2.48. The van der Waals surface area contributed by atoms with Crippen LogP contribution in [-0.2, 0) is 18.1 Å². The van der Waals surface area contributed by atoms with Gasteiger partial charge < -0.3 is 9.84 Å². The molecule has 7 heteroatoms. The first-order chi connectivity index (χ1) is 9.56. The number of hydrogen-bond donors (Lipinski definition) is 1. The van der Waals surface area contributed by atoms with Crippen molar-refractivity contribution >= 4 is 13.9 Å². The van der Waals surface area contributed by atoms with Crippen molar-refractivity contribution < 1.29 is 28.0 Å². The van der Waals surface area contributed by atoms with Crippen molar-refractivity contribution in [1.29, 1.82) is 0 Å². The van der Waals surface area contributed by atoms with E-state index in [4.69, 9.17) is 18.3 Å². The summed E-state index contributed by atoms with van der Waals surface area (Å²) >= 11 is 0. The largest absolute Gasteiger partial charge is 0.508 e. The van der Waals surface area contributed by atoms with Crippen LogP contribution >= 0.6 is 7.82 Å². The lowest BCUT2D eigenvalue weighted by Gasteiger charge is -2.25. The monoisotopic (exact) mass is 300 g/mol. The standard InChI is InChI=1S/C13H17O6P/c1-3-16-20(15,17-4-2)19-13-8-6-10-5-7-11(14)9-12(10)18-13/h5-9,13-14H,3-4H2,1-2H3. The van der Waals surface area contributed by atoms with Gasteiger partial charge in [-0.3, -0.25) is 9.05 Å². The summed E-state index contributed by atoms with van der Waals surface area (Å²) in [7, 11) is -3.65. The Balaban J connectivity index is 2.11. The lowest BCUT2D eigenvalue weighted by atomic mass is 10.1. The summed E-state index contributed by atoms with van der Waals surface area (Å²) in [6.07, 6.45) is 2.46. The molecule has 0 spiro atoms. The van der Waals surface area contributed by atoms with E-state index in [0.29, 0.717) is 5.75 Å². The topological polar surface area (TPSA) is 74.2 Å². The maximum absolute atomic E-state index is 12.2. The van der Waals surface area contributed by atoms with Gasteiger partial charge in [-0.2, -0.15) is 0 Å². The van der Waals surface area contributed by atoms with Crippen molar-refractivity contribution in [2.75, 3.05) is 13.2 Å². The summed E-state index contributed by atoms with van der Waals surface area (Å²) in [5, 5.41) is 9.43. The van der Waals surface area contributed by atoms with Gasteiger partial charge in [0.05, 0.1) is 13.2 Å². The lowest BCUT2D eigenvalue weighted by Crippen LogP contribution is -2.20. The fraction of sp³-hybridized carbons (Fsp3) is 0.385. The number of phosphoric ester groups is 1. The van der Waals surface area contributed by atoms with Crippen LogP contribution in [-0.4, -0.2) is 24.6 Å². The fourth-order valence-corrected chi connectivity index (χ4v) is 2.90. The van der Waals surface area contributed by atoms with Gasteiger partial charge in [0.2, 0.25) is 6.29 Å². The van der Waals surface area contributed by atoms with E-state index in [0.717, 1.165) is 5.56 Å². The Morgan fingerprint density at radius 3 is 2.65 bits per heavy atom. The number of rotatable bonds is 6. The molecule has 0 saturated heterocycles. The predicted molar refractivity (Wildman–Crippen MR) is 73.5 cm³/mol. The van der Waals surface area contributed by atoms with Crippen LogP contribution in [0.1, 0.15) is 19.4 Å². The summed E-state index contributed by atoms with van der Waals surface area (Å²) < 4.78 is 33.1. The molecule has 1 aromatic rings. The Bertz CT molecular complexity index is 532. The van der Waals surface area contributed by atoms with Crippen molar-refractivity contribution in [3.05, 3.63) is 29.8 Å². The minimum Gasteiger partial charge on any atom is -0.508 e. The van der Waals surface area contributed by atoms with E-state index in [-0.39, 0.29) is 19.0 Å². The van der Waals surface area contributed by atoms with Crippen molar-refractivity contribution in [2.45, 2.75) is 20.1 Å². The zero-order valence-corrected chi connectivity index (χ0v) is 12.2. The summed E-state index contributed by atoms with van der Waals surface area (Å²) in [5.41, 5.74) is 0.797. The SMILES string of the molecule is CCOP(=O)(OCC)OC1C=Cc2ccc(O)cc2O1. The summed E-state index contributed by atoms with van der Waals surface area (Å²) in [4.78, 5) is 0. The van der Waals surface area contributed by atoms with Gasteiger partial charge >= 0.3 is 7.82 Å². The second-order valence-electron chi connectivity index (χ2n) is 3.96. The third kappa shape index (κ3) is 3.61. The lowest BCUT2D eigenvalue weighted by molar-refractivity contribution is 0.00217. The maximum atomic E-state index is 12.2. The molecule has 0 saturated carbocycles. The molecule has 0 bridgehead atoms. The molecule has 20 heavy (non-hydrogen) atoms. The number of phenolic OH excluding ortho intramolecular Hbond substituents is 1. The van der Waals surface area contributed by atoms with Crippen molar-refractivity contribution in [2.24, 2.45) is 0 Å².